The van der Waals surface area contributed by atoms with E-state index in [2.05, 4.69) is 5.32 Å². The predicted octanol–water partition coefficient (Wildman–Crippen LogP) is 1.51. The van der Waals surface area contributed by atoms with Gasteiger partial charge in [-0.3, -0.25) is 9.59 Å². The molecule has 2 amide bonds. The van der Waals surface area contributed by atoms with Crippen LogP contribution >= 0.6 is 0 Å². The molecular weight excluding hydrogens is 244 g/mol. The Morgan fingerprint density at radius 3 is 2.42 bits per heavy atom. The number of methoxy groups -OCH3 is 1. The minimum atomic E-state index is -0.207. The summed E-state index contributed by atoms with van der Waals surface area (Å²) in [6.45, 7) is 1.70. The topological polar surface area (TPSA) is 58.6 Å². The lowest BCUT2D eigenvalue weighted by atomic mass is 10.2. The number of carbonyl (C=O) groups excluding carboxylic acids is 2. The van der Waals surface area contributed by atoms with Gasteiger partial charge in [0.15, 0.2) is 0 Å². The summed E-state index contributed by atoms with van der Waals surface area (Å²) in [5.74, 6) is -0.145. The minimum absolute atomic E-state index is 0.0223. The normalized spacial score (nSPS) is 14.5. The highest BCUT2D eigenvalue weighted by atomic mass is 16.5. The average molecular weight is 262 g/mol. The van der Waals surface area contributed by atoms with Gasteiger partial charge in [-0.15, -0.1) is 0 Å². The molecule has 5 heteroatoms. The van der Waals surface area contributed by atoms with Crippen LogP contribution in [0.1, 0.15) is 23.2 Å². The molecule has 19 heavy (non-hydrogen) atoms. The number of nitrogens with zero attached hydrogens (tertiary/aromatic N) is 1. The monoisotopic (exact) mass is 262 g/mol. The van der Waals surface area contributed by atoms with Crippen molar-refractivity contribution in [3.63, 3.8) is 0 Å². The second-order valence-corrected chi connectivity index (χ2v) is 4.56. The van der Waals surface area contributed by atoms with Crippen LogP contribution in [-0.4, -0.2) is 43.5 Å². The zero-order valence-corrected chi connectivity index (χ0v) is 11.0. The molecule has 102 valence electrons. The van der Waals surface area contributed by atoms with Crippen molar-refractivity contribution >= 4 is 17.5 Å². The van der Waals surface area contributed by atoms with Crippen molar-refractivity contribution in [3.8, 4) is 0 Å². The number of anilines is 1. The number of amides is 2. The number of ether oxygens (including phenoxy) is 1. The second kappa shape index (κ2) is 6.33. The lowest BCUT2D eigenvalue weighted by molar-refractivity contribution is -0.119. The molecule has 1 aliphatic heterocycles. The standard InChI is InChI=1S/C14H18N2O3/c1-19-10-13(17)15-12-6-4-11(5-7-12)14(18)16-8-2-3-9-16/h4-7H,2-3,8-10H2,1H3,(H,15,17). The third-order valence-electron chi connectivity index (χ3n) is 3.08. The summed E-state index contributed by atoms with van der Waals surface area (Å²) in [5, 5.41) is 2.69. The molecule has 0 spiro atoms. The van der Waals surface area contributed by atoms with Gasteiger partial charge in [0.05, 0.1) is 0 Å². The number of carbonyl (C=O) groups is 2. The van der Waals surface area contributed by atoms with E-state index < -0.39 is 0 Å². The summed E-state index contributed by atoms with van der Waals surface area (Å²) in [6.07, 6.45) is 2.16. The van der Waals surface area contributed by atoms with Crippen molar-refractivity contribution in [2.75, 3.05) is 32.1 Å². The van der Waals surface area contributed by atoms with E-state index in [1.165, 1.54) is 7.11 Å². The van der Waals surface area contributed by atoms with E-state index in [1.807, 2.05) is 4.90 Å². The Morgan fingerprint density at radius 2 is 1.84 bits per heavy atom. The number of nitrogens with one attached hydrogen (secondary N) is 1. The van der Waals surface area contributed by atoms with Gasteiger partial charge in [-0.1, -0.05) is 0 Å². The Balaban J connectivity index is 1.97. The van der Waals surface area contributed by atoms with Crippen LogP contribution < -0.4 is 5.32 Å². The van der Waals surface area contributed by atoms with Crippen LogP contribution in [0.5, 0.6) is 0 Å². The Kier molecular flexibility index (Phi) is 4.52. The third-order valence-corrected chi connectivity index (χ3v) is 3.08. The van der Waals surface area contributed by atoms with Crippen molar-refractivity contribution in [1.29, 1.82) is 0 Å². The molecule has 0 saturated carbocycles. The summed E-state index contributed by atoms with van der Waals surface area (Å²) in [5.41, 5.74) is 1.33. The van der Waals surface area contributed by atoms with Crippen LogP contribution in [0, 0.1) is 0 Å². The zero-order chi connectivity index (χ0) is 13.7. The fraction of sp³-hybridized carbons (Fsp3) is 0.429. The van der Waals surface area contributed by atoms with Gasteiger partial charge < -0.3 is 15.0 Å². The molecule has 0 unspecified atom stereocenters. The van der Waals surface area contributed by atoms with Crippen molar-refractivity contribution in [1.82, 2.24) is 4.90 Å². The maximum atomic E-state index is 12.1. The lowest BCUT2D eigenvalue weighted by Crippen LogP contribution is -2.27. The smallest absolute Gasteiger partial charge is 0.253 e. The van der Waals surface area contributed by atoms with Crippen LogP contribution in [0.25, 0.3) is 0 Å². The van der Waals surface area contributed by atoms with Gasteiger partial charge in [-0.25, -0.2) is 0 Å². The van der Waals surface area contributed by atoms with Gasteiger partial charge >= 0.3 is 0 Å². The van der Waals surface area contributed by atoms with E-state index in [1.54, 1.807) is 24.3 Å². The number of benzene rings is 1. The van der Waals surface area contributed by atoms with E-state index in [-0.39, 0.29) is 18.4 Å². The summed E-state index contributed by atoms with van der Waals surface area (Å²) in [4.78, 5) is 25.3. The first-order valence-corrected chi connectivity index (χ1v) is 6.39. The van der Waals surface area contributed by atoms with E-state index in [9.17, 15) is 9.59 Å². The molecule has 2 rings (SSSR count). The number of hydrogen-bond acceptors (Lipinski definition) is 3. The van der Waals surface area contributed by atoms with E-state index in [0.717, 1.165) is 25.9 Å². The van der Waals surface area contributed by atoms with Crippen molar-refractivity contribution in [2.24, 2.45) is 0 Å². The molecule has 1 heterocycles. The first-order chi connectivity index (χ1) is 9.20. The minimum Gasteiger partial charge on any atom is -0.375 e. The average Bonchev–Trinajstić information content (AvgIpc) is 2.93. The Bertz CT molecular complexity index is 450. The van der Waals surface area contributed by atoms with Crippen LogP contribution in [0.3, 0.4) is 0 Å². The van der Waals surface area contributed by atoms with Crippen LogP contribution in [0.2, 0.25) is 0 Å². The van der Waals surface area contributed by atoms with Crippen molar-refractivity contribution in [3.05, 3.63) is 29.8 Å². The number of rotatable bonds is 4. The van der Waals surface area contributed by atoms with Crippen molar-refractivity contribution in [2.45, 2.75) is 12.8 Å². The van der Waals surface area contributed by atoms with Gasteiger partial charge in [0.25, 0.3) is 5.91 Å². The molecule has 1 aromatic carbocycles. The highest BCUT2D eigenvalue weighted by Gasteiger charge is 2.19. The second-order valence-electron chi connectivity index (χ2n) is 4.56. The summed E-state index contributed by atoms with van der Waals surface area (Å²) < 4.78 is 4.73. The fourth-order valence-corrected chi connectivity index (χ4v) is 2.13. The maximum Gasteiger partial charge on any atom is 0.253 e. The number of hydrogen-bond donors (Lipinski definition) is 1. The fourth-order valence-electron chi connectivity index (χ4n) is 2.13. The summed E-state index contributed by atoms with van der Waals surface area (Å²) in [7, 11) is 1.47. The van der Waals surface area contributed by atoms with Gasteiger partial charge in [-0.2, -0.15) is 0 Å². The van der Waals surface area contributed by atoms with E-state index in [0.29, 0.717) is 11.3 Å². The van der Waals surface area contributed by atoms with Crippen molar-refractivity contribution < 1.29 is 14.3 Å². The maximum absolute atomic E-state index is 12.1. The van der Waals surface area contributed by atoms with Crippen LogP contribution in [0.15, 0.2) is 24.3 Å². The Morgan fingerprint density at radius 1 is 1.21 bits per heavy atom. The largest absolute Gasteiger partial charge is 0.375 e. The van der Waals surface area contributed by atoms with Crippen LogP contribution in [-0.2, 0) is 9.53 Å². The summed E-state index contributed by atoms with van der Waals surface area (Å²) in [6, 6.07) is 6.94. The lowest BCUT2D eigenvalue weighted by Gasteiger charge is -2.15. The Hall–Kier alpha value is -1.88. The van der Waals surface area contributed by atoms with Gasteiger partial charge in [0, 0.05) is 31.5 Å². The number of likely N-dealkylation sites (tertiary alicyclic amines) is 1. The molecule has 0 aliphatic carbocycles. The molecule has 1 fully saturated rings. The molecule has 1 aromatic rings. The van der Waals surface area contributed by atoms with Gasteiger partial charge in [-0.05, 0) is 37.1 Å². The SMILES string of the molecule is COCC(=O)Nc1ccc(C(=O)N2CCCC2)cc1. The molecular formula is C14H18N2O3. The molecule has 1 N–H and O–H groups in total. The third kappa shape index (κ3) is 3.54. The molecule has 5 nitrogen and oxygen atoms in total. The highest BCUT2D eigenvalue weighted by Crippen LogP contribution is 2.15. The van der Waals surface area contributed by atoms with E-state index in [4.69, 9.17) is 4.74 Å². The molecule has 0 bridgehead atoms. The zero-order valence-electron chi connectivity index (χ0n) is 11.0. The molecule has 1 saturated heterocycles. The first kappa shape index (κ1) is 13.5. The molecule has 0 atom stereocenters. The Labute approximate surface area is 112 Å². The molecule has 0 aromatic heterocycles. The van der Waals surface area contributed by atoms with E-state index >= 15 is 0 Å². The first-order valence-electron chi connectivity index (χ1n) is 6.39. The highest BCUT2D eigenvalue weighted by molar-refractivity contribution is 5.96. The molecule has 1 aliphatic rings. The van der Waals surface area contributed by atoms with Gasteiger partial charge in [0.2, 0.25) is 5.91 Å². The van der Waals surface area contributed by atoms with Gasteiger partial charge in [0.1, 0.15) is 6.61 Å². The van der Waals surface area contributed by atoms with Crippen LogP contribution in [0.4, 0.5) is 5.69 Å². The summed E-state index contributed by atoms with van der Waals surface area (Å²) >= 11 is 0. The quantitative estimate of drug-likeness (QED) is 0.894. The predicted molar refractivity (Wildman–Crippen MR) is 72.1 cm³/mol. The molecule has 0 radical (unpaired) electrons.